The number of halogens is 2. The van der Waals surface area contributed by atoms with E-state index in [2.05, 4.69) is 14.7 Å². The highest BCUT2D eigenvalue weighted by Crippen LogP contribution is 2.04. The summed E-state index contributed by atoms with van der Waals surface area (Å²) in [6.07, 6.45) is -1.02. The third-order valence-electron chi connectivity index (χ3n) is 1.97. The Morgan fingerprint density at radius 1 is 1.59 bits per heavy atom. The van der Waals surface area contributed by atoms with Crippen LogP contribution in [0.25, 0.3) is 0 Å². The van der Waals surface area contributed by atoms with Crippen molar-refractivity contribution in [3.05, 3.63) is 23.3 Å². The molecule has 0 aromatic carbocycles. The molecule has 1 aromatic rings. The molecule has 5 nitrogen and oxygen atoms in total. The Morgan fingerprint density at radius 2 is 2.29 bits per heavy atom. The number of hydrogen-bond acceptors (Lipinski definition) is 4. The third-order valence-corrected chi connectivity index (χ3v) is 1.97. The second-order valence-electron chi connectivity index (χ2n) is 3.31. The van der Waals surface area contributed by atoms with Gasteiger partial charge in [0, 0.05) is 12.6 Å². The minimum absolute atomic E-state index is 0.0299. The molecule has 0 aliphatic rings. The van der Waals surface area contributed by atoms with Gasteiger partial charge in [-0.3, -0.25) is 0 Å². The van der Waals surface area contributed by atoms with Crippen LogP contribution in [0.5, 0.6) is 0 Å². The van der Waals surface area contributed by atoms with Crippen LogP contribution in [0, 0.1) is 6.92 Å². The van der Waals surface area contributed by atoms with E-state index in [0.717, 1.165) is 0 Å². The number of hydrogen-bond donors (Lipinski definition) is 1. The predicted molar refractivity (Wildman–Crippen MR) is 54.3 cm³/mol. The molecule has 0 aliphatic heterocycles. The van der Waals surface area contributed by atoms with Gasteiger partial charge in [0.1, 0.15) is 12.4 Å². The molecule has 94 valence electrons. The van der Waals surface area contributed by atoms with Crippen LogP contribution < -0.4 is 0 Å². The average molecular weight is 246 g/mol. The van der Waals surface area contributed by atoms with Gasteiger partial charge >= 0.3 is 5.97 Å². The molecule has 0 bridgehead atoms. The molecule has 0 radical (unpaired) electrons. The van der Waals surface area contributed by atoms with Crippen LogP contribution >= 0.6 is 0 Å². The summed E-state index contributed by atoms with van der Waals surface area (Å²) in [5.41, 5.74) is 0.374. The number of carbonyl (C=O) groups is 1. The minimum atomic E-state index is -2.49. The van der Waals surface area contributed by atoms with Crippen molar-refractivity contribution in [2.45, 2.75) is 19.8 Å². The Balaban J connectivity index is 2.50. The zero-order chi connectivity index (χ0) is 12.8. The number of alkyl halides is 2. The van der Waals surface area contributed by atoms with Gasteiger partial charge < -0.3 is 9.84 Å². The summed E-state index contributed by atoms with van der Waals surface area (Å²) in [5, 5.41) is 8.74. The van der Waals surface area contributed by atoms with Crippen molar-refractivity contribution >= 4 is 5.97 Å². The largest absolute Gasteiger partial charge is 0.478 e. The fraction of sp³-hybridized carbons (Fsp3) is 0.500. The van der Waals surface area contributed by atoms with Crippen molar-refractivity contribution in [1.82, 2.24) is 9.97 Å². The molecule has 1 aromatic heterocycles. The van der Waals surface area contributed by atoms with Crippen LogP contribution in [0.2, 0.25) is 0 Å². The van der Waals surface area contributed by atoms with Gasteiger partial charge in [0.2, 0.25) is 0 Å². The van der Waals surface area contributed by atoms with E-state index in [9.17, 15) is 13.6 Å². The Morgan fingerprint density at radius 3 is 2.82 bits per heavy atom. The first-order valence-electron chi connectivity index (χ1n) is 4.92. The predicted octanol–water partition coefficient (Wildman–Crippen LogP) is 1.31. The lowest BCUT2D eigenvalue weighted by Gasteiger charge is -2.04. The summed E-state index contributed by atoms with van der Waals surface area (Å²) < 4.78 is 28.2. The van der Waals surface area contributed by atoms with Gasteiger partial charge in [-0.1, -0.05) is 0 Å². The lowest BCUT2D eigenvalue weighted by Crippen LogP contribution is -2.10. The third kappa shape index (κ3) is 4.39. The fourth-order valence-corrected chi connectivity index (χ4v) is 1.18. The van der Waals surface area contributed by atoms with Crippen LogP contribution in [0.4, 0.5) is 8.78 Å². The highest BCUT2D eigenvalue weighted by molar-refractivity contribution is 5.88. The van der Waals surface area contributed by atoms with Gasteiger partial charge in [0.05, 0.1) is 17.9 Å². The lowest BCUT2D eigenvalue weighted by atomic mass is 10.2. The fourth-order valence-electron chi connectivity index (χ4n) is 1.18. The molecule has 17 heavy (non-hydrogen) atoms. The topological polar surface area (TPSA) is 72.3 Å². The molecule has 1 rings (SSSR count). The van der Waals surface area contributed by atoms with Gasteiger partial charge in [-0.2, -0.15) is 0 Å². The van der Waals surface area contributed by atoms with Crippen molar-refractivity contribution in [3.63, 3.8) is 0 Å². The summed E-state index contributed by atoms with van der Waals surface area (Å²) in [7, 11) is 0. The van der Waals surface area contributed by atoms with Crippen molar-refractivity contribution in [2.24, 2.45) is 0 Å². The maximum absolute atomic E-state index is 11.7. The molecule has 0 saturated heterocycles. The Hall–Kier alpha value is -1.63. The van der Waals surface area contributed by atoms with Crippen LogP contribution in [-0.2, 0) is 11.2 Å². The molecule has 0 unspecified atom stereocenters. The number of rotatable bonds is 6. The summed E-state index contributed by atoms with van der Waals surface area (Å²) in [5.74, 6) is -0.718. The molecule has 0 saturated carbocycles. The molecule has 7 heteroatoms. The normalized spacial score (nSPS) is 10.8. The first kappa shape index (κ1) is 13.4. The zero-order valence-corrected chi connectivity index (χ0v) is 9.19. The summed E-state index contributed by atoms with van der Waals surface area (Å²) in [6, 6.07) is 0. The maximum Gasteiger partial charge on any atom is 0.339 e. The Bertz CT molecular complexity index is 399. The Kier molecular flexibility index (Phi) is 4.89. The molecular formula is C10H12F2N2O3. The van der Waals surface area contributed by atoms with E-state index in [4.69, 9.17) is 5.11 Å². The molecule has 0 atom stereocenters. The van der Waals surface area contributed by atoms with E-state index in [0.29, 0.717) is 11.5 Å². The number of carboxylic acid groups (broad SMARTS) is 1. The smallest absolute Gasteiger partial charge is 0.339 e. The van der Waals surface area contributed by atoms with Crippen LogP contribution in [0.3, 0.4) is 0 Å². The van der Waals surface area contributed by atoms with Gasteiger partial charge in [0.15, 0.2) is 0 Å². The number of aromatic carboxylic acids is 1. The summed E-state index contributed by atoms with van der Waals surface area (Å²) in [4.78, 5) is 18.4. The first-order chi connectivity index (χ1) is 8.00. The van der Waals surface area contributed by atoms with Crippen molar-refractivity contribution in [2.75, 3.05) is 13.2 Å². The molecule has 1 heterocycles. The summed E-state index contributed by atoms with van der Waals surface area (Å²) >= 11 is 0. The number of nitrogens with zero attached hydrogens (tertiary/aromatic N) is 2. The average Bonchev–Trinajstić information content (AvgIpc) is 2.23. The molecular weight excluding hydrogens is 234 g/mol. The number of aromatic nitrogens is 2. The van der Waals surface area contributed by atoms with E-state index in [1.807, 2.05) is 0 Å². The quantitative estimate of drug-likeness (QED) is 0.766. The molecule has 1 N–H and O–H groups in total. The van der Waals surface area contributed by atoms with E-state index in [-0.39, 0.29) is 18.6 Å². The van der Waals surface area contributed by atoms with Crippen molar-refractivity contribution in [1.29, 1.82) is 0 Å². The van der Waals surface area contributed by atoms with Gasteiger partial charge in [-0.25, -0.2) is 23.5 Å². The molecule has 0 spiro atoms. The first-order valence-corrected chi connectivity index (χ1v) is 4.92. The van der Waals surface area contributed by atoms with Crippen molar-refractivity contribution in [3.8, 4) is 0 Å². The Labute approximate surface area is 96.5 Å². The molecule has 0 amide bonds. The lowest BCUT2D eigenvalue weighted by molar-refractivity contribution is 0.0182. The van der Waals surface area contributed by atoms with Crippen LogP contribution in [0.1, 0.15) is 21.9 Å². The minimum Gasteiger partial charge on any atom is -0.478 e. The van der Waals surface area contributed by atoms with E-state index in [1.165, 1.54) is 6.20 Å². The standard InChI is InChI=1S/C10H12F2N2O3/c1-6-7(10(15)16)4-13-9(14-6)2-3-17-5-8(11)12/h4,8H,2-3,5H2,1H3,(H,15,16). The van der Waals surface area contributed by atoms with Crippen LogP contribution in [0.15, 0.2) is 6.20 Å². The van der Waals surface area contributed by atoms with E-state index < -0.39 is 19.0 Å². The number of carboxylic acids is 1. The van der Waals surface area contributed by atoms with Gasteiger partial charge in [0.25, 0.3) is 6.43 Å². The van der Waals surface area contributed by atoms with Gasteiger partial charge in [-0.15, -0.1) is 0 Å². The number of aryl methyl sites for hydroxylation is 1. The van der Waals surface area contributed by atoms with Crippen LogP contribution in [-0.4, -0.2) is 40.7 Å². The highest BCUT2D eigenvalue weighted by Gasteiger charge is 2.10. The van der Waals surface area contributed by atoms with E-state index >= 15 is 0 Å². The second kappa shape index (κ2) is 6.19. The monoisotopic (exact) mass is 246 g/mol. The van der Waals surface area contributed by atoms with E-state index in [1.54, 1.807) is 6.92 Å². The summed E-state index contributed by atoms with van der Waals surface area (Å²) in [6.45, 7) is 1.01. The SMILES string of the molecule is Cc1nc(CCOCC(F)F)ncc1C(=O)O. The number of ether oxygens (including phenoxy) is 1. The molecule has 0 fully saturated rings. The second-order valence-corrected chi connectivity index (χ2v) is 3.31. The molecule has 0 aliphatic carbocycles. The van der Waals surface area contributed by atoms with Crippen molar-refractivity contribution < 1.29 is 23.4 Å². The maximum atomic E-state index is 11.7. The zero-order valence-electron chi connectivity index (χ0n) is 9.19. The van der Waals surface area contributed by atoms with Gasteiger partial charge in [-0.05, 0) is 6.92 Å². The highest BCUT2D eigenvalue weighted by atomic mass is 19.3.